The predicted octanol–water partition coefficient (Wildman–Crippen LogP) is 3.13. The molecule has 0 atom stereocenters. The molecule has 1 aromatic carbocycles. The average molecular weight is 288 g/mol. The van der Waals surface area contributed by atoms with Gasteiger partial charge in [-0.3, -0.25) is 0 Å². The Kier molecular flexibility index (Phi) is 4.45. The SMILES string of the molecule is Cc1nc(CNCc2ccc([Si](C)(C)C)cc2)oc1C. The summed E-state index contributed by atoms with van der Waals surface area (Å²) in [6.07, 6.45) is 0. The summed E-state index contributed by atoms with van der Waals surface area (Å²) in [6.45, 7) is 12.5. The van der Waals surface area contributed by atoms with Gasteiger partial charge in [0, 0.05) is 6.54 Å². The Morgan fingerprint density at radius 2 is 1.70 bits per heavy atom. The summed E-state index contributed by atoms with van der Waals surface area (Å²) in [5, 5.41) is 4.87. The van der Waals surface area contributed by atoms with Crippen molar-refractivity contribution in [2.45, 2.75) is 46.6 Å². The maximum Gasteiger partial charge on any atom is 0.208 e. The minimum absolute atomic E-state index is 0.671. The molecule has 0 saturated carbocycles. The lowest BCUT2D eigenvalue weighted by molar-refractivity contribution is 0.448. The minimum atomic E-state index is -1.19. The zero-order valence-corrected chi connectivity index (χ0v) is 14.1. The van der Waals surface area contributed by atoms with Gasteiger partial charge >= 0.3 is 0 Å². The average Bonchev–Trinajstić information content (AvgIpc) is 2.68. The number of hydrogen-bond donors (Lipinski definition) is 1. The van der Waals surface area contributed by atoms with Crippen molar-refractivity contribution in [3.8, 4) is 0 Å². The Bertz CT molecular complexity index is 548. The first-order valence-electron chi connectivity index (χ1n) is 7.09. The van der Waals surface area contributed by atoms with Crippen molar-refractivity contribution in [1.82, 2.24) is 10.3 Å². The van der Waals surface area contributed by atoms with Gasteiger partial charge in [0.1, 0.15) is 5.76 Å². The molecule has 0 amide bonds. The molecule has 0 unspecified atom stereocenters. The van der Waals surface area contributed by atoms with Crippen LogP contribution in [0.2, 0.25) is 19.6 Å². The molecule has 0 aliphatic carbocycles. The van der Waals surface area contributed by atoms with E-state index in [1.54, 1.807) is 0 Å². The fourth-order valence-electron chi connectivity index (χ4n) is 2.05. The molecule has 4 heteroatoms. The third-order valence-electron chi connectivity index (χ3n) is 3.50. The molecule has 0 aliphatic heterocycles. The summed E-state index contributed by atoms with van der Waals surface area (Å²) in [5.41, 5.74) is 2.27. The highest BCUT2D eigenvalue weighted by Gasteiger charge is 2.15. The molecular weight excluding hydrogens is 264 g/mol. The summed E-state index contributed by atoms with van der Waals surface area (Å²) in [4.78, 5) is 4.36. The van der Waals surface area contributed by atoms with Gasteiger partial charge in [-0.1, -0.05) is 49.1 Å². The third-order valence-corrected chi connectivity index (χ3v) is 5.56. The molecule has 1 N–H and O–H groups in total. The monoisotopic (exact) mass is 288 g/mol. The minimum Gasteiger partial charge on any atom is -0.444 e. The van der Waals surface area contributed by atoms with Crippen LogP contribution >= 0.6 is 0 Å². The topological polar surface area (TPSA) is 38.1 Å². The fourth-order valence-corrected chi connectivity index (χ4v) is 3.22. The maximum atomic E-state index is 5.55. The van der Waals surface area contributed by atoms with E-state index in [-0.39, 0.29) is 0 Å². The number of benzene rings is 1. The van der Waals surface area contributed by atoms with Crippen molar-refractivity contribution in [3.05, 3.63) is 47.2 Å². The zero-order chi connectivity index (χ0) is 14.8. The van der Waals surface area contributed by atoms with E-state index in [0.29, 0.717) is 6.54 Å². The van der Waals surface area contributed by atoms with E-state index in [1.807, 2.05) is 13.8 Å². The molecule has 0 bridgehead atoms. The molecule has 2 rings (SSSR count). The number of hydrogen-bond acceptors (Lipinski definition) is 3. The zero-order valence-electron chi connectivity index (χ0n) is 13.1. The predicted molar refractivity (Wildman–Crippen MR) is 85.9 cm³/mol. The first kappa shape index (κ1) is 15.0. The van der Waals surface area contributed by atoms with Gasteiger partial charge in [-0.05, 0) is 19.4 Å². The Morgan fingerprint density at radius 1 is 1.05 bits per heavy atom. The van der Waals surface area contributed by atoms with E-state index in [4.69, 9.17) is 4.42 Å². The van der Waals surface area contributed by atoms with E-state index in [1.165, 1.54) is 10.8 Å². The number of aryl methyl sites for hydroxylation is 2. The molecule has 1 heterocycles. The van der Waals surface area contributed by atoms with E-state index >= 15 is 0 Å². The van der Waals surface area contributed by atoms with Crippen LogP contribution < -0.4 is 10.5 Å². The van der Waals surface area contributed by atoms with E-state index < -0.39 is 8.07 Å². The normalized spacial score (nSPS) is 11.8. The van der Waals surface area contributed by atoms with Gasteiger partial charge in [-0.15, -0.1) is 0 Å². The van der Waals surface area contributed by atoms with Crippen LogP contribution in [0.1, 0.15) is 22.9 Å². The van der Waals surface area contributed by atoms with Gasteiger partial charge in [-0.2, -0.15) is 0 Å². The fraction of sp³-hybridized carbons (Fsp3) is 0.438. The molecule has 2 aromatic rings. The van der Waals surface area contributed by atoms with E-state index in [2.05, 4.69) is 54.2 Å². The van der Waals surface area contributed by atoms with Crippen LogP contribution in [0.4, 0.5) is 0 Å². The summed E-state index contributed by atoms with van der Waals surface area (Å²) in [6, 6.07) is 8.96. The molecule has 0 radical (unpaired) electrons. The maximum absolute atomic E-state index is 5.55. The summed E-state index contributed by atoms with van der Waals surface area (Å²) < 4.78 is 5.55. The largest absolute Gasteiger partial charge is 0.444 e. The number of aromatic nitrogens is 1. The van der Waals surface area contributed by atoms with Gasteiger partial charge in [0.25, 0.3) is 0 Å². The number of nitrogens with zero attached hydrogens (tertiary/aromatic N) is 1. The molecule has 0 spiro atoms. The Hall–Kier alpha value is -1.39. The van der Waals surface area contributed by atoms with Crippen molar-refractivity contribution in [3.63, 3.8) is 0 Å². The van der Waals surface area contributed by atoms with Crippen LogP contribution in [-0.4, -0.2) is 13.1 Å². The molecule has 3 nitrogen and oxygen atoms in total. The molecular formula is C16H24N2OSi. The second-order valence-electron chi connectivity index (χ2n) is 6.30. The van der Waals surface area contributed by atoms with Crippen molar-refractivity contribution in [2.75, 3.05) is 0 Å². The van der Waals surface area contributed by atoms with E-state index in [9.17, 15) is 0 Å². The molecule has 108 valence electrons. The first-order valence-corrected chi connectivity index (χ1v) is 10.6. The Morgan fingerprint density at radius 3 is 2.20 bits per heavy atom. The summed E-state index contributed by atoms with van der Waals surface area (Å²) in [5.74, 6) is 1.67. The second kappa shape index (κ2) is 5.93. The van der Waals surface area contributed by atoms with Crippen molar-refractivity contribution in [2.24, 2.45) is 0 Å². The smallest absolute Gasteiger partial charge is 0.208 e. The van der Waals surface area contributed by atoms with Crippen LogP contribution in [0, 0.1) is 13.8 Å². The first-order chi connectivity index (χ1) is 9.36. The Labute approximate surface area is 122 Å². The van der Waals surface area contributed by atoms with Crippen molar-refractivity contribution >= 4 is 13.3 Å². The van der Waals surface area contributed by atoms with Crippen molar-refractivity contribution < 1.29 is 4.42 Å². The lowest BCUT2D eigenvalue weighted by Gasteiger charge is -2.16. The van der Waals surface area contributed by atoms with Crippen LogP contribution in [-0.2, 0) is 13.1 Å². The highest BCUT2D eigenvalue weighted by Crippen LogP contribution is 2.08. The van der Waals surface area contributed by atoms with Crippen molar-refractivity contribution in [1.29, 1.82) is 0 Å². The summed E-state index contributed by atoms with van der Waals surface area (Å²) >= 11 is 0. The van der Waals surface area contributed by atoms with E-state index in [0.717, 1.165) is 23.9 Å². The van der Waals surface area contributed by atoms with Crippen LogP contribution in [0.15, 0.2) is 28.7 Å². The number of oxazole rings is 1. The highest BCUT2D eigenvalue weighted by molar-refractivity contribution is 6.88. The van der Waals surface area contributed by atoms with Crippen LogP contribution in [0.3, 0.4) is 0 Å². The van der Waals surface area contributed by atoms with Gasteiger partial charge in [0.05, 0.1) is 20.3 Å². The number of nitrogens with one attached hydrogen (secondary N) is 1. The van der Waals surface area contributed by atoms with Crippen LogP contribution in [0.25, 0.3) is 0 Å². The molecule has 0 fully saturated rings. The van der Waals surface area contributed by atoms with Gasteiger partial charge in [-0.25, -0.2) is 4.98 Å². The van der Waals surface area contributed by atoms with Gasteiger partial charge in [0.2, 0.25) is 5.89 Å². The molecule has 20 heavy (non-hydrogen) atoms. The number of rotatable bonds is 5. The quantitative estimate of drug-likeness (QED) is 0.859. The highest BCUT2D eigenvalue weighted by atomic mass is 28.3. The van der Waals surface area contributed by atoms with Gasteiger partial charge < -0.3 is 9.73 Å². The second-order valence-corrected chi connectivity index (χ2v) is 11.4. The summed E-state index contributed by atoms with van der Waals surface area (Å²) in [7, 11) is -1.19. The van der Waals surface area contributed by atoms with Crippen LogP contribution in [0.5, 0.6) is 0 Å². The van der Waals surface area contributed by atoms with Gasteiger partial charge in [0.15, 0.2) is 0 Å². The Balaban J connectivity index is 1.88. The standard InChI is InChI=1S/C16H24N2OSi/c1-12-13(2)19-16(18-12)11-17-10-14-6-8-15(9-7-14)20(3,4)5/h6-9,17H,10-11H2,1-5H3. The molecule has 0 saturated heterocycles. The molecule has 0 aliphatic rings. The molecule has 1 aromatic heterocycles. The third kappa shape index (κ3) is 3.80. The lowest BCUT2D eigenvalue weighted by Crippen LogP contribution is -2.37. The lowest BCUT2D eigenvalue weighted by atomic mass is 10.2.